The van der Waals surface area contributed by atoms with Gasteiger partial charge >= 0.3 is 0 Å². The molecule has 1 N–H and O–H groups in total. The molecule has 0 aliphatic rings. The zero-order valence-corrected chi connectivity index (χ0v) is 15.8. The minimum atomic E-state index is -3.58. The van der Waals surface area contributed by atoms with Crippen molar-refractivity contribution in [3.63, 3.8) is 0 Å². The van der Waals surface area contributed by atoms with Crippen molar-refractivity contribution in [2.45, 2.75) is 25.5 Å². The molecular weight excluding hydrogens is 366 g/mol. The number of benzene rings is 1. The van der Waals surface area contributed by atoms with Gasteiger partial charge in [-0.05, 0) is 43.2 Å². The molecule has 0 amide bonds. The van der Waals surface area contributed by atoms with Crippen molar-refractivity contribution in [2.24, 2.45) is 0 Å². The Labute approximate surface area is 156 Å². The van der Waals surface area contributed by atoms with Gasteiger partial charge in [0.05, 0.1) is 11.8 Å². The first kappa shape index (κ1) is 18.5. The Morgan fingerprint density at radius 3 is 2.67 bits per heavy atom. The van der Waals surface area contributed by atoms with Crippen LogP contribution in [0.15, 0.2) is 35.7 Å². The average molecular weight is 383 g/mol. The summed E-state index contributed by atoms with van der Waals surface area (Å²) in [5.74, 6) is 0.130. The lowest BCUT2D eigenvalue weighted by Gasteiger charge is -2.08. The van der Waals surface area contributed by atoms with E-state index in [1.165, 1.54) is 10.9 Å². The van der Waals surface area contributed by atoms with Crippen molar-refractivity contribution in [1.82, 2.24) is 19.7 Å². The monoisotopic (exact) mass is 383 g/mol. The second-order valence-electron chi connectivity index (χ2n) is 6.18. The summed E-state index contributed by atoms with van der Waals surface area (Å²) in [6, 6.07) is 7.05. The predicted octanol–water partition coefficient (Wildman–Crippen LogP) is 2.26. The molecule has 27 heavy (non-hydrogen) atoms. The average Bonchev–Trinajstić information content (AvgIpc) is 3.03. The molecule has 0 radical (unpaired) electrons. The van der Waals surface area contributed by atoms with E-state index in [0.29, 0.717) is 22.5 Å². The largest absolute Gasteiger partial charge is 0.508 e. The third kappa shape index (κ3) is 3.66. The maximum atomic E-state index is 11.8. The molecule has 9 heteroatoms. The van der Waals surface area contributed by atoms with E-state index in [2.05, 4.69) is 15.1 Å². The van der Waals surface area contributed by atoms with Crippen LogP contribution in [0.2, 0.25) is 0 Å². The summed E-state index contributed by atoms with van der Waals surface area (Å²) < 4.78 is 25.0. The van der Waals surface area contributed by atoms with Gasteiger partial charge in [-0.15, -0.1) is 0 Å². The van der Waals surface area contributed by atoms with E-state index in [0.717, 1.165) is 17.4 Å². The Morgan fingerprint density at radius 1 is 1.30 bits per heavy atom. The maximum absolute atomic E-state index is 11.8. The molecule has 0 bridgehead atoms. The minimum Gasteiger partial charge on any atom is -0.508 e. The lowest BCUT2D eigenvalue weighted by atomic mass is 10.00. The summed E-state index contributed by atoms with van der Waals surface area (Å²) in [5, 5.41) is 23.3. The lowest BCUT2D eigenvalue weighted by Crippen LogP contribution is -2.04. The summed E-state index contributed by atoms with van der Waals surface area (Å²) in [7, 11) is -3.58. The van der Waals surface area contributed by atoms with Gasteiger partial charge in [0.1, 0.15) is 18.0 Å². The Bertz CT molecular complexity index is 1150. The number of phenols is 1. The van der Waals surface area contributed by atoms with Gasteiger partial charge in [-0.1, -0.05) is 0 Å². The molecule has 0 aliphatic heterocycles. The van der Waals surface area contributed by atoms with E-state index >= 15 is 0 Å². The molecule has 0 atom stereocenters. The van der Waals surface area contributed by atoms with Crippen LogP contribution in [0.3, 0.4) is 0 Å². The van der Waals surface area contributed by atoms with Gasteiger partial charge in [-0.25, -0.2) is 18.4 Å². The van der Waals surface area contributed by atoms with Crippen LogP contribution in [0.1, 0.15) is 11.1 Å². The van der Waals surface area contributed by atoms with Crippen LogP contribution in [0.25, 0.3) is 22.5 Å². The SMILES string of the molecule is Cc1cc(-c2nn(CC#N)cc2-c2ccnc(S(C)(=O)=O)n2)cc(O)c1C. The second-order valence-corrected chi connectivity index (χ2v) is 8.09. The number of aromatic nitrogens is 4. The summed E-state index contributed by atoms with van der Waals surface area (Å²) in [6.07, 6.45) is 4.02. The second kappa shape index (κ2) is 6.81. The molecule has 8 nitrogen and oxygen atoms in total. The molecule has 1 aromatic carbocycles. The maximum Gasteiger partial charge on any atom is 0.247 e. The normalized spacial score (nSPS) is 11.3. The number of nitrogens with zero attached hydrogens (tertiary/aromatic N) is 5. The van der Waals surface area contributed by atoms with Crippen molar-refractivity contribution in [1.29, 1.82) is 5.26 Å². The van der Waals surface area contributed by atoms with E-state index in [4.69, 9.17) is 5.26 Å². The van der Waals surface area contributed by atoms with E-state index in [1.54, 1.807) is 18.3 Å². The highest BCUT2D eigenvalue weighted by Gasteiger charge is 2.19. The minimum absolute atomic E-state index is 0.0217. The highest BCUT2D eigenvalue weighted by atomic mass is 32.2. The quantitative estimate of drug-likeness (QED) is 0.686. The number of hydrogen-bond donors (Lipinski definition) is 1. The first-order valence-electron chi connectivity index (χ1n) is 7.99. The van der Waals surface area contributed by atoms with Gasteiger partial charge < -0.3 is 5.11 Å². The van der Waals surface area contributed by atoms with Crippen LogP contribution >= 0.6 is 0 Å². The van der Waals surface area contributed by atoms with Crippen molar-refractivity contribution < 1.29 is 13.5 Å². The molecule has 138 valence electrons. The third-order valence-electron chi connectivity index (χ3n) is 4.15. The first-order valence-corrected chi connectivity index (χ1v) is 9.88. The summed E-state index contributed by atoms with van der Waals surface area (Å²) >= 11 is 0. The number of aromatic hydroxyl groups is 1. The number of nitriles is 1. The van der Waals surface area contributed by atoms with Crippen LogP contribution in [0.4, 0.5) is 0 Å². The molecule has 0 spiro atoms. The zero-order valence-electron chi connectivity index (χ0n) is 15.0. The Kier molecular flexibility index (Phi) is 4.68. The molecule has 0 saturated heterocycles. The van der Waals surface area contributed by atoms with Crippen molar-refractivity contribution in [3.8, 4) is 34.3 Å². The number of rotatable bonds is 4. The van der Waals surface area contributed by atoms with Gasteiger partial charge in [-0.3, -0.25) is 4.68 Å². The summed E-state index contributed by atoms with van der Waals surface area (Å²) in [6.45, 7) is 3.71. The molecule has 3 aromatic rings. The highest BCUT2D eigenvalue weighted by molar-refractivity contribution is 7.90. The standard InChI is InChI=1S/C18H17N5O3S/c1-11-8-13(9-16(24)12(11)2)17-14(10-23(22-17)7-5-19)15-4-6-20-18(21-15)27(3,25)26/h4,6,8-10,24H,7H2,1-3H3. The molecule has 3 rings (SSSR count). The van der Waals surface area contributed by atoms with Crippen LogP contribution in [-0.4, -0.2) is 39.5 Å². The molecule has 2 aromatic heterocycles. The van der Waals surface area contributed by atoms with Crippen molar-refractivity contribution >= 4 is 9.84 Å². The topological polar surface area (TPSA) is 122 Å². The van der Waals surface area contributed by atoms with Gasteiger partial charge in [-0.2, -0.15) is 10.4 Å². The van der Waals surface area contributed by atoms with Crippen LogP contribution in [0.5, 0.6) is 5.75 Å². The van der Waals surface area contributed by atoms with Crippen LogP contribution in [0, 0.1) is 25.2 Å². The third-order valence-corrected chi connectivity index (χ3v) is 5.01. The smallest absolute Gasteiger partial charge is 0.247 e. The number of aryl methyl sites for hydroxylation is 1. The Hall–Kier alpha value is -3.25. The Morgan fingerprint density at radius 2 is 2.04 bits per heavy atom. The summed E-state index contributed by atoms with van der Waals surface area (Å²) in [5.41, 5.74) is 3.68. The number of hydrogen-bond acceptors (Lipinski definition) is 7. The Balaban J connectivity index is 2.24. The van der Waals surface area contributed by atoms with E-state index in [-0.39, 0.29) is 17.5 Å². The van der Waals surface area contributed by atoms with Crippen molar-refractivity contribution in [2.75, 3.05) is 6.26 Å². The molecule has 0 aliphatic carbocycles. The zero-order chi connectivity index (χ0) is 19.8. The van der Waals surface area contributed by atoms with E-state index < -0.39 is 9.84 Å². The van der Waals surface area contributed by atoms with Crippen molar-refractivity contribution in [3.05, 3.63) is 41.7 Å². The number of sulfone groups is 1. The van der Waals surface area contributed by atoms with Gasteiger partial charge in [0, 0.05) is 29.8 Å². The fourth-order valence-electron chi connectivity index (χ4n) is 2.62. The van der Waals surface area contributed by atoms with Crippen LogP contribution in [-0.2, 0) is 16.4 Å². The molecule has 2 heterocycles. The first-order chi connectivity index (χ1) is 12.7. The van der Waals surface area contributed by atoms with E-state index in [9.17, 15) is 13.5 Å². The van der Waals surface area contributed by atoms with Gasteiger partial charge in [0.2, 0.25) is 15.0 Å². The molecule has 0 saturated carbocycles. The number of phenolic OH excluding ortho intramolecular Hbond substituents is 1. The molecular formula is C18H17N5O3S. The van der Waals surface area contributed by atoms with Crippen LogP contribution < -0.4 is 0 Å². The fraction of sp³-hybridized carbons (Fsp3) is 0.222. The highest BCUT2D eigenvalue weighted by Crippen LogP contribution is 2.34. The van der Waals surface area contributed by atoms with Gasteiger partial charge in [0.15, 0.2) is 0 Å². The summed E-state index contributed by atoms with van der Waals surface area (Å²) in [4.78, 5) is 7.94. The predicted molar refractivity (Wildman–Crippen MR) is 98.6 cm³/mol. The van der Waals surface area contributed by atoms with Gasteiger partial charge in [0.25, 0.3) is 0 Å². The lowest BCUT2D eigenvalue weighted by molar-refractivity contribution is 0.471. The molecule has 0 fully saturated rings. The fourth-order valence-corrected chi connectivity index (χ4v) is 3.14. The van der Waals surface area contributed by atoms with E-state index in [1.807, 2.05) is 26.0 Å². The molecule has 0 unspecified atom stereocenters.